The van der Waals surface area contributed by atoms with Gasteiger partial charge >= 0.3 is 0 Å². The zero-order valence-electron chi connectivity index (χ0n) is 13.7. The third kappa shape index (κ3) is 3.23. The highest BCUT2D eigenvalue weighted by Crippen LogP contribution is 2.21. The minimum atomic E-state index is -0.392. The maximum Gasteiger partial charge on any atom is 0.261 e. The first-order valence-electron chi connectivity index (χ1n) is 8.29. The average Bonchev–Trinajstić information content (AvgIpc) is 2.62. The second-order valence-electron chi connectivity index (χ2n) is 6.25. The predicted octanol–water partition coefficient (Wildman–Crippen LogP) is 1.78. The van der Waals surface area contributed by atoms with E-state index in [2.05, 4.69) is 9.97 Å². The number of likely N-dealkylation sites (tertiary alicyclic amines) is 1. The Morgan fingerprint density at radius 3 is 2.83 bits per heavy atom. The third-order valence-corrected chi connectivity index (χ3v) is 4.50. The van der Waals surface area contributed by atoms with Crippen molar-refractivity contribution < 1.29 is 4.79 Å². The van der Waals surface area contributed by atoms with Gasteiger partial charge in [0.25, 0.3) is 11.5 Å². The molecule has 24 heavy (non-hydrogen) atoms. The fourth-order valence-electron chi connectivity index (χ4n) is 3.22. The number of aromatic amines is 1. The molecule has 2 aromatic rings. The van der Waals surface area contributed by atoms with Gasteiger partial charge in [0.05, 0.1) is 11.4 Å². The Labute approximate surface area is 140 Å². The number of pyridine rings is 2. The molecule has 2 atom stereocenters. The molecule has 6 nitrogen and oxygen atoms in total. The molecule has 3 rings (SSSR count). The maximum absolute atomic E-state index is 12.8. The molecular formula is C18H22N4O2. The monoisotopic (exact) mass is 326 g/mol. The Kier molecular flexibility index (Phi) is 4.76. The minimum Gasteiger partial charge on any atom is -0.334 e. The van der Waals surface area contributed by atoms with Gasteiger partial charge in [0.2, 0.25) is 0 Å². The molecule has 0 aromatic carbocycles. The van der Waals surface area contributed by atoms with Crippen molar-refractivity contribution in [1.82, 2.24) is 14.9 Å². The van der Waals surface area contributed by atoms with E-state index in [1.54, 1.807) is 23.2 Å². The lowest BCUT2D eigenvalue weighted by Crippen LogP contribution is -2.52. The molecule has 0 aliphatic carbocycles. The number of rotatable bonds is 3. The van der Waals surface area contributed by atoms with Gasteiger partial charge in [0.1, 0.15) is 5.56 Å². The summed E-state index contributed by atoms with van der Waals surface area (Å²) >= 11 is 0. The molecule has 1 amide bonds. The molecular weight excluding hydrogens is 304 g/mol. The van der Waals surface area contributed by atoms with E-state index < -0.39 is 5.56 Å². The van der Waals surface area contributed by atoms with Gasteiger partial charge in [-0.25, -0.2) is 0 Å². The Morgan fingerprint density at radius 1 is 1.33 bits per heavy atom. The normalized spacial score (nSPS) is 19.1. The van der Waals surface area contributed by atoms with E-state index in [1.165, 1.54) is 0 Å². The summed E-state index contributed by atoms with van der Waals surface area (Å²) in [4.78, 5) is 33.9. The number of hydrogen-bond donors (Lipinski definition) is 2. The molecule has 1 aliphatic heterocycles. The van der Waals surface area contributed by atoms with E-state index in [1.807, 2.05) is 25.1 Å². The molecule has 0 spiro atoms. The standard InChI is InChI=1S/C18H22N4O2/c1-12(19)16-7-3-5-11-22(16)18(24)13-8-9-15(21-17(13)23)14-6-2-4-10-20-14/h2,4,6,8-10,12,16H,3,5,7,11,19H2,1H3,(H,21,23)/t12-,16+/m0/s1. The summed E-state index contributed by atoms with van der Waals surface area (Å²) in [5, 5.41) is 0. The summed E-state index contributed by atoms with van der Waals surface area (Å²) < 4.78 is 0. The second kappa shape index (κ2) is 6.97. The summed E-state index contributed by atoms with van der Waals surface area (Å²) in [7, 11) is 0. The van der Waals surface area contributed by atoms with Crippen LogP contribution in [0.25, 0.3) is 11.4 Å². The highest BCUT2D eigenvalue weighted by Gasteiger charge is 2.30. The van der Waals surface area contributed by atoms with Crippen LogP contribution in [0.4, 0.5) is 0 Å². The summed E-state index contributed by atoms with van der Waals surface area (Å²) in [6, 6.07) is 8.65. The highest BCUT2D eigenvalue weighted by molar-refractivity contribution is 5.94. The lowest BCUT2D eigenvalue weighted by atomic mass is 9.96. The number of nitrogens with zero attached hydrogens (tertiary/aromatic N) is 2. The Balaban J connectivity index is 1.89. The van der Waals surface area contributed by atoms with Crippen LogP contribution in [0.15, 0.2) is 41.3 Å². The number of piperidine rings is 1. The molecule has 0 bridgehead atoms. The summed E-state index contributed by atoms with van der Waals surface area (Å²) in [6.07, 6.45) is 4.55. The first-order valence-corrected chi connectivity index (χ1v) is 8.29. The molecule has 1 saturated heterocycles. The van der Waals surface area contributed by atoms with Crippen LogP contribution in [-0.4, -0.2) is 39.4 Å². The van der Waals surface area contributed by atoms with Crippen molar-refractivity contribution in [3.63, 3.8) is 0 Å². The number of nitrogens with one attached hydrogen (secondary N) is 1. The van der Waals surface area contributed by atoms with Crippen molar-refractivity contribution >= 4 is 5.91 Å². The SMILES string of the molecule is C[C@H](N)[C@H]1CCCCN1C(=O)c1ccc(-c2ccccn2)[nH]c1=O. The minimum absolute atomic E-state index is 0.0129. The lowest BCUT2D eigenvalue weighted by molar-refractivity contribution is 0.0582. The van der Waals surface area contributed by atoms with E-state index in [0.29, 0.717) is 17.9 Å². The van der Waals surface area contributed by atoms with E-state index >= 15 is 0 Å². The van der Waals surface area contributed by atoms with Gasteiger partial charge in [0.15, 0.2) is 0 Å². The van der Waals surface area contributed by atoms with Crippen molar-refractivity contribution in [1.29, 1.82) is 0 Å². The van der Waals surface area contributed by atoms with E-state index in [9.17, 15) is 9.59 Å². The van der Waals surface area contributed by atoms with Crippen molar-refractivity contribution in [3.05, 3.63) is 52.4 Å². The summed E-state index contributed by atoms with van der Waals surface area (Å²) in [6.45, 7) is 2.55. The molecule has 2 aromatic heterocycles. The first kappa shape index (κ1) is 16.4. The quantitative estimate of drug-likeness (QED) is 0.899. The Bertz CT molecular complexity index is 770. The Hall–Kier alpha value is -2.47. The molecule has 6 heteroatoms. The van der Waals surface area contributed by atoms with E-state index in [-0.39, 0.29) is 23.6 Å². The molecule has 0 unspecified atom stereocenters. The predicted molar refractivity (Wildman–Crippen MR) is 92.6 cm³/mol. The number of carbonyl (C=O) groups is 1. The molecule has 1 fully saturated rings. The van der Waals surface area contributed by atoms with Crippen molar-refractivity contribution in [2.75, 3.05) is 6.54 Å². The van der Waals surface area contributed by atoms with Crippen LogP contribution in [0.5, 0.6) is 0 Å². The molecule has 126 valence electrons. The number of H-pyrrole nitrogens is 1. The zero-order chi connectivity index (χ0) is 17.1. The Morgan fingerprint density at radius 2 is 2.17 bits per heavy atom. The van der Waals surface area contributed by atoms with Crippen LogP contribution in [0.2, 0.25) is 0 Å². The maximum atomic E-state index is 12.8. The van der Waals surface area contributed by atoms with Crippen molar-refractivity contribution in [3.8, 4) is 11.4 Å². The van der Waals surface area contributed by atoms with Crippen LogP contribution < -0.4 is 11.3 Å². The molecule has 0 radical (unpaired) electrons. The molecule has 3 heterocycles. The van der Waals surface area contributed by atoms with Crippen LogP contribution in [0.1, 0.15) is 36.5 Å². The first-order chi connectivity index (χ1) is 11.6. The van der Waals surface area contributed by atoms with Gasteiger partial charge in [-0.3, -0.25) is 14.6 Å². The van der Waals surface area contributed by atoms with Crippen molar-refractivity contribution in [2.24, 2.45) is 5.73 Å². The highest BCUT2D eigenvalue weighted by atomic mass is 16.2. The van der Waals surface area contributed by atoms with Crippen molar-refractivity contribution in [2.45, 2.75) is 38.3 Å². The van der Waals surface area contributed by atoms with Crippen LogP contribution >= 0.6 is 0 Å². The number of carbonyl (C=O) groups excluding carboxylic acids is 1. The zero-order valence-corrected chi connectivity index (χ0v) is 13.7. The number of aromatic nitrogens is 2. The fourth-order valence-corrected chi connectivity index (χ4v) is 3.22. The van der Waals surface area contributed by atoms with E-state index in [0.717, 1.165) is 19.3 Å². The fraction of sp³-hybridized carbons (Fsp3) is 0.389. The molecule has 3 N–H and O–H groups in total. The van der Waals surface area contributed by atoms with Gasteiger partial charge < -0.3 is 15.6 Å². The van der Waals surface area contributed by atoms with Gasteiger partial charge in [-0.15, -0.1) is 0 Å². The van der Waals surface area contributed by atoms with Gasteiger partial charge in [-0.2, -0.15) is 0 Å². The lowest BCUT2D eigenvalue weighted by Gasteiger charge is -2.37. The van der Waals surface area contributed by atoms with Gasteiger partial charge in [-0.1, -0.05) is 6.07 Å². The van der Waals surface area contributed by atoms with Gasteiger partial charge in [-0.05, 0) is 50.5 Å². The van der Waals surface area contributed by atoms with Crippen LogP contribution in [0.3, 0.4) is 0 Å². The van der Waals surface area contributed by atoms with Crippen LogP contribution in [0, 0.1) is 0 Å². The number of nitrogens with two attached hydrogens (primary N) is 1. The molecule has 1 aliphatic rings. The van der Waals surface area contributed by atoms with Crippen LogP contribution in [-0.2, 0) is 0 Å². The summed E-state index contributed by atoms with van der Waals surface area (Å²) in [5.41, 5.74) is 7.05. The number of amides is 1. The number of hydrogen-bond acceptors (Lipinski definition) is 4. The topological polar surface area (TPSA) is 92.1 Å². The smallest absolute Gasteiger partial charge is 0.261 e. The van der Waals surface area contributed by atoms with E-state index in [4.69, 9.17) is 5.73 Å². The second-order valence-corrected chi connectivity index (χ2v) is 6.25. The third-order valence-electron chi connectivity index (χ3n) is 4.50. The average molecular weight is 326 g/mol. The van der Waals surface area contributed by atoms with Gasteiger partial charge in [0, 0.05) is 24.8 Å². The molecule has 0 saturated carbocycles. The summed E-state index contributed by atoms with van der Waals surface area (Å²) in [5.74, 6) is -0.245. The largest absolute Gasteiger partial charge is 0.334 e.